The molecule has 4 saturated carbocycles. The second-order valence-corrected chi connectivity index (χ2v) is 12.0. The summed E-state index contributed by atoms with van der Waals surface area (Å²) in [4.78, 5) is 47.8. The van der Waals surface area contributed by atoms with E-state index in [2.05, 4.69) is 31.8 Å². The Labute approximate surface area is 207 Å². The largest absolute Gasteiger partial charge is 0.480 e. The number of carbonyl (C=O) groups is 4. The van der Waals surface area contributed by atoms with E-state index in [0.29, 0.717) is 29.5 Å². The molecule has 4 fully saturated rings. The van der Waals surface area contributed by atoms with E-state index < -0.39 is 17.9 Å². The molecule has 4 aliphatic carbocycles. The zero-order valence-electron chi connectivity index (χ0n) is 20.4. The van der Waals surface area contributed by atoms with Gasteiger partial charge in [-0.2, -0.15) is 12.6 Å². The van der Waals surface area contributed by atoms with Gasteiger partial charge in [-0.1, -0.05) is 13.8 Å². The average molecular weight is 494 g/mol. The van der Waals surface area contributed by atoms with Gasteiger partial charge in [0.25, 0.3) is 0 Å². The minimum atomic E-state index is -1.14. The van der Waals surface area contributed by atoms with Gasteiger partial charge in [0.05, 0.1) is 6.42 Å². The van der Waals surface area contributed by atoms with Crippen molar-refractivity contribution < 1.29 is 29.0 Å². The molecule has 0 bridgehead atoms. The summed E-state index contributed by atoms with van der Waals surface area (Å²) in [6, 6.07) is -1.06. The lowest BCUT2D eigenvalue weighted by Crippen LogP contribution is -2.54. The lowest BCUT2D eigenvalue weighted by molar-refractivity contribution is -0.164. The van der Waals surface area contributed by atoms with E-state index in [4.69, 9.17) is 9.84 Å². The first-order chi connectivity index (χ1) is 16.1. The van der Waals surface area contributed by atoms with Crippen LogP contribution < -0.4 is 5.32 Å². The Morgan fingerprint density at radius 3 is 2.50 bits per heavy atom. The smallest absolute Gasteiger partial charge is 0.327 e. The van der Waals surface area contributed by atoms with Gasteiger partial charge in [0, 0.05) is 30.4 Å². The minimum absolute atomic E-state index is 0.00834. The highest BCUT2D eigenvalue weighted by Gasteiger charge is 2.61. The van der Waals surface area contributed by atoms with Crippen LogP contribution in [0, 0.1) is 34.5 Å². The summed E-state index contributed by atoms with van der Waals surface area (Å²) >= 11 is 3.93. The molecule has 0 saturated heterocycles. The molecule has 8 atom stereocenters. The molecule has 0 aromatic carbocycles. The summed E-state index contributed by atoms with van der Waals surface area (Å²) in [6.45, 7) is 4.72. The first-order valence-corrected chi connectivity index (χ1v) is 13.6. The van der Waals surface area contributed by atoms with E-state index in [-0.39, 0.29) is 41.5 Å². The highest BCUT2D eigenvalue weighted by Crippen LogP contribution is 2.66. The zero-order chi connectivity index (χ0) is 24.7. The Bertz CT molecular complexity index is 847. The molecule has 4 aliphatic rings. The third-order valence-corrected chi connectivity index (χ3v) is 10.4. The first kappa shape index (κ1) is 25.5. The molecule has 190 valence electrons. The normalized spacial score (nSPS) is 39.9. The number of aliphatic carboxylic acids is 1. The van der Waals surface area contributed by atoms with Crippen LogP contribution in [-0.4, -0.2) is 46.6 Å². The minimum Gasteiger partial charge on any atom is -0.480 e. The van der Waals surface area contributed by atoms with E-state index >= 15 is 0 Å². The number of thiol groups is 1. The van der Waals surface area contributed by atoms with E-state index in [1.165, 1.54) is 6.42 Å². The van der Waals surface area contributed by atoms with Crippen LogP contribution in [0.3, 0.4) is 0 Å². The molecule has 0 spiro atoms. The summed E-state index contributed by atoms with van der Waals surface area (Å²) < 4.78 is 5.94. The van der Waals surface area contributed by atoms with Crippen molar-refractivity contribution in [1.29, 1.82) is 0 Å². The van der Waals surface area contributed by atoms with Gasteiger partial charge >= 0.3 is 11.9 Å². The van der Waals surface area contributed by atoms with Crippen LogP contribution in [0.5, 0.6) is 0 Å². The maximum atomic E-state index is 12.6. The topological polar surface area (TPSA) is 110 Å². The highest BCUT2D eigenvalue weighted by atomic mass is 32.1. The number of amides is 1. The van der Waals surface area contributed by atoms with Crippen molar-refractivity contribution in [2.75, 3.05) is 5.75 Å². The van der Waals surface area contributed by atoms with E-state index in [1.54, 1.807) is 0 Å². The molecule has 0 aliphatic heterocycles. The number of Topliss-reactive ketones (excluding diaryl/α,β-unsaturated/α-hetero) is 1. The first-order valence-electron chi connectivity index (χ1n) is 12.9. The second kappa shape index (κ2) is 9.82. The zero-order valence-corrected chi connectivity index (χ0v) is 21.3. The SMILES string of the molecule is C[C@]12CCC(=O)C[C@H]1CC[C@H]1[C@H]3CC[C@H](OC(=O)CCC(=O)N[C@@H](CS)C(=O)O)[C@@]3(C)CC[C@@H]12. The van der Waals surface area contributed by atoms with Gasteiger partial charge in [-0.3, -0.25) is 14.4 Å². The molecule has 8 heteroatoms. The third-order valence-electron chi connectivity index (χ3n) is 10.0. The van der Waals surface area contributed by atoms with E-state index in [9.17, 15) is 19.2 Å². The molecule has 0 heterocycles. The molecule has 0 aromatic rings. The number of hydrogen-bond donors (Lipinski definition) is 3. The molecule has 34 heavy (non-hydrogen) atoms. The number of rotatable bonds is 7. The number of carbonyl (C=O) groups excluding carboxylic acids is 3. The molecule has 2 N–H and O–H groups in total. The Morgan fingerprint density at radius 2 is 1.79 bits per heavy atom. The lowest BCUT2D eigenvalue weighted by atomic mass is 9.45. The highest BCUT2D eigenvalue weighted by molar-refractivity contribution is 7.80. The van der Waals surface area contributed by atoms with Gasteiger partial charge in [-0.15, -0.1) is 0 Å². The number of fused-ring (bicyclic) bond motifs is 5. The van der Waals surface area contributed by atoms with E-state index in [0.717, 1.165) is 51.4 Å². The van der Waals surface area contributed by atoms with Gasteiger partial charge in [-0.05, 0) is 74.0 Å². The van der Waals surface area contributed by atoms with Crippen LogP contribution in [0.15, 0.2) is 0 Å². The number of carboxylic acid groups (broad SMARTS) is 1. The van der Waals surface area contributed by atoms with Crippen LogP contribution in [0.2, 0.25) is 0 Å². The molecule has 1 amide bonds. The van der Waals surface area contributed by atoms with Crippen molar-refractivity contribution in [2.45, 2.75) is 96.6 Å². The summed E-state index contributed by atoms with van der Waals surface area (Å²) in [5.74, 6) is 0.779. The predicted molar refractivity (Wildman–Crippen MR) is 129 cm³/mol. The summed E-state index contributed by atoms with van der Waals surface area (Å²) in [5.41, 5.74) is 0.230. The molecule has 7 nitrogen and oxygen atoms in total. The number of hydrogen-bond acceptors (Lipinski definition) is 6. The number of ether oxygens (including phenoxy) is 1. The van der Waals surface area contributed by atoms with E-state index in [1.807, 2.05) is 0 Å². The molecule has 0 aromatic heterocycles. The van der Waals surface area contributed by atoms with Crippen molar-refractivity contribution in [1.82, 2.24) is 5.32 Å². The van der Waals surface area contributed by atoms with Crippen molar-refractivity contribution >= 4 is 36.3 Å². The van der Waals surface area contributed by atoms with Gasteiger partial charge in [0.1, 0.15) is 17.9 Å². The Kier molecular flexibility index (Phi) is 7.37. The van der Waals surface area contributed by atoms with Crippen LogP contribution in [0.4, 0.5) is 0 Å². The average Bonchev–Trinajstić information content (AvgIpc) is 3.12. The lowest BCUT2D eigenvalue weighted by Gasteiger charge is -2.60. The van der Waals surface area contributed by atoms with Gasteiger partial charge < -0.3 is 15.2 Å². The molecule has 0 unspecified atom stereocenters. The van der Waals surface area contributed by atoms with Gasteiger partial charge in [0.2, 0.25) is 5.91 Å². The molecule has 0 radical (unpaired) electrons. The van der Waals surface area contributed by atoms with Crippen molar-refractivity contribution in [3.05, 3.63) is 0 Å². The third kappa shape index (κ3) is 4.63. The van der Waals surface area contributed by atoms with Crippen molar-refractivity contribution in [2.24, 2.45) is 34.5 Å². The van der Waals surface area contributed by atoms with Crippen LogP contribution >= 0.6 is 12.6 Å². The summed E-state index contributed by atoms with van der Waals surface area (Å²) in [6.07, 6.45) is 8.66. The fraction of sp³-hybridized carbons (Fsp3) is 0.846. The van der Waals surface area contributed by atoms with Gasteiger partial charge in [0.15, 0.2) is 0 Å². The maximum Gasteiger partial charge on any atom is 0.327 e. The van der Waals surface area contributed by atoms with Crippen LogP contribution in [0.1, 0.15) is 84.5 Å². The fourth-order valence-corrected chi connectivity index (χ4v) is 8.32. The van der Waals surface area contributed by atoms with Crippen molar-refractivity contribution in [3.8, 4) is 0 Å². The number of carboxylic acids is 1. The predicted octanol–water partition coefficient (Wildman–Crippen LogP) is 3.79. The van der Waals surface area contributed by atoms with Crippen molar-refractivity contribution in [3.63, 3.8) is 0 Å². The second-order valence-electron chi connectivity index (χ2n) is 11.6. The maximum absolute atomic E-state index is 12.6. The summed E-state index contributed by atoms with van der Waals surface area (Å²) in [5, 5.41) is 11.4. The quantitative estimate of drug-likeness (QED) is 0.368. The molecule has 4 rings (SSSR count). The number of ketones is 1. The Hall–Kier alpha value is -1.57. The molecular weight excluding hydrogens is 454 g/mol. The van der Waals surface area contributed by atoms with Crippen LogP contribution in [0.25, 0.3) is 0 Å². The summed E-state index contributed by atoms with van der Waals surface area (Å²) in [7, 11) is 0. The van der Waals surface area contributed by atoms with Gasteiger partial charge in [-0.25, -0.2) is 4.79 Å². The molecular formula is C26H39NO6S. The number of nitrogens with one attached hydrogen (secondary N) is 1. The van der Waals surface area contributed by atoms with Crippen LogP contribution in [-0.2, 0) is 23.9 Å². The Balaban J connectivity index is 1.34. The Morgan fingerprint density at radius 1 is 1.06 bits per heavy atom. The fourth-order valence-electron chi connectivity index (χ4n) is 8.08. The monoisotopic (exact) mass is 493 g/mol. The number of esters is 1. The standard InChI is InChI=1S/C26H39NO6S/c1-25-11-9-16(28)13-15(25)3-4-17-18-5-6-21(26(18,2)12-10-19(17)25)33-23(30)8-7-22(29)27-20(14-34)24(31)32/h15,17-21,34H,3-14H2,1-2H3,(H,27,29)(H,31,32)/t15-,17+,18-,19+,20+,21+,25+,26+/m1/s1.